The van der Waals surface area contributed by atoms with Crippen LogP contribution >= 0.6 is 11.3 Å². The van der Waals surface area contributed by atoms with Gasteiger partial charge in [0.2, 0.25) is 15.9 Å². The van der Waals surface area contributed by atoms with Gasteiger partial charge in [0.1, 0.15) is 21.8 Å². The number of halogens is 1. The molecular formula is C21H22FN3O5S2. The smallest absolute Gasteiger partial charge is 0.348 e. The summed E-state index contributed by atoms with van der Waals surface area (Å²) in [5, 5.41) is 12.5. The van der Waals surface area contributed by atoms with Crippen molar-refractivity contribution in [3.8, 4) is 6.07 Å². The van der Waals surface area contributed by atoms with Crippen LogP contribution in [-0.4, -0.2) is 44.3 Å². The molecule has 0 saturated carbocycles. The number of rotatable bonds is 6. The number of nitrogens with zero attached hydrogens (tertiary/aromatic N) is 2. The molecule has 0 aliphatic carbocycles. The number of hydrogen-bond donors (Lipinski definition) is 1. The molecule has 0 spiro atoms. The van der Waals surface area contributed by atoms with Crippen molar-refractivity contribution < 1.29 is 27.1 Å². The first-order chi connectivity index (χ1) is 15.2. The van der Waals surface area contributed by atoms with Crippen molar-refractivity contribution in [2.75, 3.05) is 25.0 Å². The highest BCUT2D eigenvalue weighted by atomic mass is 32.2. The minimum atomic E-state index is -3.77. The Morgan fingerprint density at radius 1 is 1.28 bits per heavy atom. The largest absolute Gasteiger partial charge is 0.462 e. The second-order valence-corrected chi connectivity index (χ2v) is 10.2. The van der Waals surface area contributed by atoms with Gasteiger partial charge in [-0.1, -0.05) is 0 Å². The lowest BCUT2D eigenvalue weighted by atomic mass is 9.97. The maximum atomic E-state index is 13.1. The van der Waals surface area contributed by atoms with E-state index in [0.29, 0.717) is 18.4 Å². The second kappa shape index (κ2) is 9.77. The van der Waals surface area contributed by atoms with Crippen molar-refractivity contribution in [3.63, 3.8) is 0 Å². The molecule has 1 fully saturated rings. The first-order valence-electron chi connectivity index (χ1n) is 9.96. The van der Waals surface area contributed by atoms with Gasteiger partial charge in [0.25, 0.3) is 0 Å². The van der Waals surface area contributed by atoms with E-state index in [2.05, 4.69) is 5.32 Å². The number of nitriles is 1. The highest BCUT2D eigenvalue weighted by Gasteiger charge is 2.33. The fraction of sp³-hybridized carbons (Fsp3) is 0.381. The number of esters is 1. The molecule has 1 amide bonds. The Morgan fingerprint density at radius 2 is 1.91 bits per heavy atom. The van der Waals surface area contributed by atoms with Crippen LogP contribution in [0.25, 0.3) is 0 Å². The average molecular weight is 480 g/mol. The van der Waals surface area contributed by atoms with Gasteiger partial charge in [0.05, 0.1) is 17.1 Å². The van der Waals surface area contributed by atoms with E-state index in [0.717, 1.165) is 23.5 Å². The van der Waals surface area contributed by atoms with Gasteiger partial charge in [0, 0.05) is 19.0 Å². The molecule has 1 aromatic heterocycles. The number of ether oxygens (including phenoxy) is 1. The van der Waals surface area contributed by atoms with Crippen molar-refractivity contribution in [3.05, 3.63) is 46.1 Å². The Kier molecular flexibility index (Phi) is 7.28. The van der Waals surface area contributed by atoms with Gasteiger partial charge in [-0.3, -0.25) is 4.79 Å². The molecule has 11 heteroatoms. The highest BCUT2D eigenvalue weighted by molar-refractivity contribution is 7.89. The molecule has 1 N–H and O–H groups in total. The Bertz CT molecular complexity index is 1160. The van der Waals surface area contributed by atoms with Gasteiger partial charge in [-0.15, -0.1) is 11.3 Å². The molecule has 2 heterocycles. The van der Waals surface area contributed by atoms with Crippen LogP contribution in [0, 0.1) is 30.0 Å². The topological polar surface area (TPSA) is 117 Å². The van der Waals surface area contributed by atoms with Crippen LogP contribution in [0.3, 0.4) is 0 Å². The minimum Gasteiger partial charge on any atom is -0.462 e. The van der Waals surface area contributed by atoms with Crippen molar-refractivity contribution in [2.24, 2.45) is 5.92 Å². The lowest BCUT2D eigenvalue weighted by Gasteiger charge is -2.30. The Morgan fingerprint density at radius 3 is 2.47 bits per heavy atom. The summed E-state index contributed by atoms with van der Waals surface area (Å²) in [7, 11) is -3.77. The first-order valence-corrected chi connectivity index (χ1v) is 12.2. The highest BCUT2D eigenvalue weighted by Crippen LogP contribution is 2.34. The van der Waals surface area contributed by atoms with Crippen LogP contribution in [-0.2, 0) is 19.6 Å². The minimum absolute atomic E-state index is 0.000944. The summed E-state index contributed by atoms with van der Waals surface area (Å²) in [4.78, 5) is 25.1. The van der Waals surface area contributed by atoms with Gasteiger partial charge in [0.15, 0.2) is 0 Å². The van der Waals surface area contributed by atoms with E-state index < -0.39 is 27.7 Å². The Hall–Kier alpha value is -2.81. The number of carbonyl (C=O) groups excluding carboxylic acids is 2. The van der Waals surface area contributed by atoms with Gasteiger partial charge < -0.3 is 10.1 Å². The van der Waals surface area contributed by atoms with E-state index in [9.17, 15) is 27.7 Å². The number of benzene rings is 1. The van der Waals surface area contributed by atoms with Gasteiger partial charge in [-0.05, 0) is 56.5 Å². The molecule has 1 aromatic carbocycles. The summed E-state index contributed by atoms with van der Waals surface area (Å²) in [6.45, 7) is 3.77. The number of anilines is 1. The summed E-state index contributed by atoms with van der Waals surface area (Å²) >= 11 is 0.988. The van der Waals surface area contributed by atoms with E-state index in [1.807, 2.05) is 6.07 Å². The van der Waals surface area contributed by atoms with Crippen LogP contribution in [0.4, 0.5) is 9.39 Å². The van der Waals surface area contributed by atoms with Crippen LogP contribution < -0.4 is 5.32 Å². The second-order valence-electron chi connectivity index (χ2n) is 7.21. The number of hydrogen-bond acceptors (Lipinski definition) is 7. The summed E-state index contributed by atoms with van der Waals surface area (Å²) in [6, 6.07) is 6.62. The quantitative estimate of drug-likeness (QED) is 0.636. The fourth-order valence-electron chi connectivity index (χ4n) is 3.46. The maximum absolute atomic E-state index is 13.1. The summed E-state index contributed by atoms with van der Waals surface area (Å²) in [5.74, 6) is -1.86. The number of amides is 1. The monoisotopic (exact) mass is 479 g/mol. The number of nitrogens with one attached hydrogen (secondary N) is 1. The zero-order valence-corrected chi connectivity index (χ0v) is 19.2. The zero-order chi connectivity index (χ0) is 23.5. The average Bonchev–Trinajstić information content (AvgIpc) is 3.09. The molecule has 170 valence electrons. The summed E-state index contributed by atoms with van der Waals surface area (Å²) < 4.78 is 44.8. The van der Waals surface area contributed by atoms with Gasteiger partial charge in [-0.2, -0.15) is 9.57 Å². The standard InChI is InChI=1S/C21H22FN3O5S2/c1-3-30-21(27)18-13(2)17(12-23)20(31-18)24-19(26)14-8-10-25(11-9-14)32(28,29)16-6-4-15(22)5-7-16/h4-7,14H,3,8-11H2,1-2H3,(H,24,26). The lowest BCUT2D eigenvalue weighted by Crippen LogP contribution is -2.41. The predicted octanol–water partition coefficient (Wildman–Crippen LogP) is 3.28. The molecule has 0 radical (unpaired) electrons. The van der Waals surface area contributed by atoms with Crippen molar-refractivity contribution in [1.29, 1.82) is 5.26 Å². The molecule has 8 nitrogen and oxygen atoms in total. The Balaban J connectivity index is 1.67. The molecular weight excluding hydrogens is 457 g/mol. The molecule has 1 aliphatic rings. The normalized spacial score (nSPS) is 15.2. The molecule has 3 rings (SSSR count). The molecule has 2 aromatic rings. The molecule has 0 atom stereocenters. The van der Waals surface area contributed by atoms with E-state index in [1.165, 1.54) is 16.4 Å². The van der Waals surface area contributed by atoms with Crippen LogP contribution in [0.5, 0.6) is 0 Å². The number of thiophene rings is 1. The zero-order valence-electron chi connectivity index (χ0n) is 17.6. The summed E-state index contributed by atoms with van der Waals surface area (Å²) in [5.41, 5.74) is 0.661. The SMILES string of the molecule is CCOC(=O)c1sc(NC(=O)C2CCN(S(=O)(=O)c3ccc(F)cc3)CC2)c(C#N)c1C. The van der Waals surface area contributed by atoms with Crippen molar-refractivity contribution >= 4 is 38.2 Å². The first kappa shape index (κ1) is 23.8. The lowest BCUT2D eigenvalue weighted by molar-refractivity contribution is -0.120. The molecule has 0 unspecified atom stereocenters. The Labute approximate surface area is 189 Å². The molecule has 32 heavy (non-hydrogen) atoms. The van der Waals surface area contributed by atoms with Gasteiger partial charge in [-0.25, -0.2) is 17.6 Å². The third-order valence-corrected chi connectivity index (χ3v) is 8.33. The van der Waals surface area contributed by atoms with Crippen molar-refractivity contribution in [1.82, 2.24) is 4.31 Å². The molecule has 0 bridgehead atoms. The number of piperidine rings is 1. The maximum Gasteiger partial charge on any atom is 0.348 e. The third-order valence-electron chi connectivity index (χ3n) is 5.23. The van der Waals surface area contributed by atoms with E-state index in [-0.39, 0.29) is 45.9 Å². The summed E-state index contributed by atoms with van der Waals surface area (Å²) in [6.07, 6.45) is 0.590. The van der Waals surface area contributed by atoms with E-state index >= 15 is 0 Å². The van der Waals surface area contributed by atoms with E-state index in [4.69, 9.17) is 4.74 Å². The fourth-order valence-corrected chi connectivity index (χ4v) is 5.98. The van der Waals surface area contributed by atoms with Crippen molar-refractivity contribution in [2.45, 2.75) is 31.6 Å². The predicted molar refractivity (Wildman–Crippen MR) is 116 cm³/mol. The molecule has 1 aliphatic heterocycles. The third kappa shape index (κ3) is 4.82. The van der Waals surface area contributed by atoms with Crippen LogP contribution in [0.2, 0.25) is 0 Å². The number of sulfonamides is 1. The number of carbonyl (C=O) groups is 2. The molecule has 1 saturated heterocycles. The van der Waals surface area contributed by atoms with Gasteiger partial charge >= 0.3 is 5.97 Å². The van der Waals surface area contributed by atoms with Crippen LogP contribution in [0.1, 0.15) is 40.6 Å². The van der Waals surface area contributed by atoms with E-state index in [1.54, 1.807) is 13.8 Å². The van der Waals surface area contributed by atoms with Crippen LogP contribution in [0.15, 0.2) is 29.2 Å².